The van der Waals surface area contributed by atoms with Crippen molar-refractivity contribution in [3.8, 4) is 24.3 Å². The van der Waals surface area contributed by atoms with Gasteiger partial charge >= 0.3 is 0 Å². The summed E-state index contributed by atoms with van der Waals surface area (Å²) in [5, 5.41) is 41.0. The van der Waals surface area contributed by atoms with Crippen LogP contribution in [0.5, 0.6) is 0 Å². The van der Waals surface area contributed by atoms with E-state index in [2.05, 4.69) is 5.32 Å². The summed E-state index contributed by atoms with van der Waals surface area (Å²) >= 11 is 0. The zero-order valence-corrected chi connectivity index (χ0v) is 18.6. The summed E-state index contributed by atoms with van der Waals surface area (Å²) in [7, 11) is -4.05. The molecule has 0 radical (unpaired) electrons. The molecular weight excluding hydrogens is 452 g/mol. The molecule has 0 fully saturated rings. The Bertz CT molecular complexity index is 1550. The molecule has 10 heteroatoms. The van der Waals surface area contributed by atoms with Crippen LogP contribution in [0.4, 0.5) is 0 Å². The van der Waals surface area contributed by atoms with Crippen molar-refractivity contribution in [3.63, 3.8) is 0 Å². The highest BCUT2D eigenvalue weighted by molar-refractivity contribution is 7.90. The third kappa shape index (κ3) is 4.10. The number of benzene rings is 2. The summed E-state index contributed by atoms with van der Waals surface area (Å²) in [5.74, 6) is -2.23. The van der Waals surface area contributed by atoms with Gasteiger partial charge in [0.05, 0.1) is 34.7 Å². The molecule has 0 saturated heterocycles. The molecule has 0 bridgehead atoms. The van der Waals surface area contributed by atoms with Gasteiger partial charge in [0.1, 0.15) is 0 Å². The summed E-state index contributed by atoms with van der Waals surface area (Å²) in [6, 6.07) is 20.9. The molecule has 0 aliphatic heterocycles. The Morgan fingerprint density at radius 2 is 1.59 bits per heavy atom. The Morgan fingerprint density at radius 1 is 1.00 bits per heavy atom. The van der Waals surface area contributed by atoms with E-state index in [0.717, 1.165) is 10.0 Å². The molecule has 1 N–H and O–H groups in total. The Labute approximate surface area is 196 Å². The molecule has 3 rings (SSSR count). The van der Waals surface area contributed by atoms with E-state index < -0.39 is 27.3 Å². The minimum absolute atomic E-state index is 0.0322. The fraction of sp³-hybridized carbons (Fsp3) is 0.125. The molecule has 2 aromatic carbocycles. The quantitative estimate of drug-likeness (QED) is 0.581. The van der Waals surface area contributed by atoms with E-state index in [4.69, 9.17) is 0 Å². The summed E-state index contributed by atoms with van der Waals surface area (Å²) in [6.07, 6.45) is 2.29. The first-order valence-corrected chi connectivity index (χ1v) is 11.2. The Balaban J connectivity index is 2.37. The number of carbonyl (C=O) groups is 1. The number of fused-ring (bicyclic) bond motifs is 1. The highest BCUT2D eigenvalue weighted by atomic mass is 32.2. The monoisotopic (exact) mass is 468 g/mol. The van der Waals surface area contributed by atoms with E-state index in [1.807, 2.05) is 0 Å². The number of hydrogen-bond donors (Lipinski definition) is 1. The summed E-state index contributed by atoms with van der Waals surface area (Å²) < 4.78 is 27.8. The number of nitrogens with one attached hydrogen (secondary N) is 1. The summed E-state index contributed by atoms with van der Waals surface area (Å²) in [4.78, 5) is 12.0. The van der Waals surface area contributed by atoms with Gasteiger partial charge in [0.2, 0.25) is 5.91 Å². The van der Waals surface area contributed by atoms with E-state index in [1.54, 1.807) is 66.7 Å². The molecule has 0 unspecified atom stereocenters. The second-order valence-corrected chi connectivity index (χ2v) is 9.01. The van der Waals surface area contributed by atoms with Crippen molar-refractivity contribution in [2.75, 3.05) is 0 Å². The molecule has 166 valence electrons. The maximum Gasteiger partial charge on any atom is 0.268 e. The van der Waals surface area contributed by atoms with Gasteiger partial charge in [-0.1, -0.05) is 36.4 Å². The first kappa shape index (κ1) is 23.8. The molecule has 34 heavy (non-hydrogen) atoms. The molecule has 0 spiro atoms. The zero-order valence-electron chi connectivity index (χ0n) is 17.8. The average molecular weight is 468 g/mol. The highest BCUT2D eigenvalue weighted by Crippen LogP contribution is 2.35. The third-order valence-corrected chi connectivity index (χ3v) is 6.72. The SMILES string of the molecule is CC(=O)N/C(=C\C(C#N)(C#N)C(C#N)C#N)c1cn(S(=O)(=O)c2ccccc2)c2ccccc12. The predicted octanol–water partition coefficient (Wildman–Crippen LogP) is 3.05. The summed E-state index contributed by atoms with van der Waals surface area (Å²) in [6.45, 7) is 1.19. The number of allylic oxidation sites excluding steroid dienone is 1. The van der Waals surface area contributed by atoms with Gasteiger partial charge in [-0.05, 0) is 24.3 Å². The van der Waals surface area contributed by atoms with Gasteiger partial charge in [0.15, 0.2) is 11.3 Å². The van der Waals surface area contributed by atoms with Gasteiger partial charge < -0.3 is 5.32 Å². The number of nitriles is 4. The molecule has 1 amide bonds. The Morgan fingerprint density at radius 3 is 2.15 bits per heavy atom. The minimum atomic E-state index is -4.05. The molecule has 1 heterocycles. The van der Waals surface area contributed by atoms with Gasteiger partial charge in [0, 0.05) is 29.8 Å². The lowest BCUT2D eigenvalue weighted by Gasteiger charge is -2.17. The fourth-order valence-electron chi connectivity index (χ4n) is 3.40. The van der Waals surface area contributed by atoms with Crippen LogP contribution in [-0.4, -0.2) is 18.3 Å². The molecule has 0 aliphatic rings. The van der Waals surface area contributed by atoms with E-state index in [9.17, 15) is 34.3 Å². The van der Waals surface area contributed by atoms with Crippen LogP contribution in [0, 0.1) is 56.7 Å². The van der Waals surface area contributed by atoms with Gasteiger partial charge in [-0.3, -0.25) is 4.79 Å². The van der Waals surface area contributed by atoms with Crippen LogP contribution < -0.4 is 5.32 Å². The van der Waals surface area contributed by atoms with Crippen LogP contribution in [-0.2, 0) is 14.8 Å². The van der Waals surface area contributed by atoms with E-state index in [1.165, 1.54) is 25.3 Å². The van der Waals surface area contributed by atoms with Crippen LogP contribution in [0.15, 0.2) is 71.8 Å². The van der Waals surface area contributed by atoms with Gasteiger partial charge in [-0.2, -0.15) is 21.0 Å². The molecule has 0 aliphatic carbocycles. The van der Waals surface area contributed by atoms with Crippen molar-refractivity contribution in [2.24, 2.45) is 11.3 Å². The molecule has 0 atom stereocenters. The van der Waals surface area contributed by atoms with Crippen LogP contribution in [0.25, 0.3) is 16.6 Å². The van der Waals surface area contributed by atoms with Crippen molar-refractivity contribution in [1.82, 2.24) is 9.29 Å². The molecular formula is C24H16N6O3S. The van der Waals surface area contributed by atoms with Crippen molar-refractivity contribution >= 4 is 32.5 Å². The lowest BCUT2D eigenvalue weighted by atomic mass is 9.78. The Hall–Kier alpha value is -4.90. The summed E-state index contributed by atoms with van der Waals surface area (Å²) in [5.41, 5.74) is -1.82. The van der Waals surface area contributed by atoms with Crippen LogP contribution in [0.2, 0.25) is 0 Å². The number of hydrogen-bond acceptors (Lipinski definition) is 7. The van der Waals surface area contributed by atoms with Crippen molar-refractivity contribution in [3.05, 3.63) is 72.4 Å². The maximum atomic E-state index is 13.4. The number of nitrogens with zero attached hydrogens (tertiary/aromatic N) is 5. The van der Waals surface area contributed by atoms with Crippen molar-refractivity contribution < 1.29 is 13.2 Å². The first-order valence-electron chi connectivity index (χ1n) is 9.77. The molecule has 9 nitrogen and oxygen atoms in total. The van der Waals surface area contributed by atoms with Gasteiger partial charge in [-0.25, -0.2) is 12.4 Å². The van der Waals surface area contributed by atoms with E-state index in [0.29, 0.717) is 5.39 Å². The fourth-order valence-corrected chi connectivity index (χ4v) is 4.79. The van der Waals surface area contributed by atoms with Crippen molar-refractivity contribution in [2.45, 2.75) is 11.8 Å². The second kappa shape index (κ2) is 9.30. The van der Waals surface area contributed by atoms with Gasteiger partial charge in [0.25, 0.3) is 10.0 Å². The van der Waals surface area contributed by atoms with Crippen LogP contribution >= 0.6 is 0 Å². The lowest BCUT2D eigenvalue weighted by molar-refractivity contribution is -0.117. The zero-order chi connectivity index (χ0) is 24.9. The van der Waals surface area contributed by atoms with E-state index in [-0.39, 0.29) is 21.7 Å². The average Bonchev–Trinajstić information content (AvgIpc) is 3.24. The van der Waals surface area contributed by atoms with Crippen LogP contribution in [0.3, 0.4) is 0 Å². The number of rotatable bonds is 6. The maximum absolute atomic E-state index is 13.4. The smallest absolute Gasteiger partial charge is 0.268 e. The lowest BCUT2D eigenvalue weighted by Crippen LogP contribution is -2.27. The number of amides is 1. The molecule has 0 saturated carbocycles. The predicted molar refractivity (Wildman–Crippen MR) is 121 cm³/mol. The highest BCUT2D eigenvalue weighted by Gasteiger charge is 2.40. The topological polar surface area (TPSA) is 163 Å². The van der Waals surface area contributed by atoms with Gasteiger partial charge in [-0.15, -0.1) is 0 Å². The minimum Gasteiger partial charge on any atom is -0.326 e. The number of carbonyl (C=O) groups excluding carboxylic acids is 1. The first-order chi connectivity index (χ1) is 16.2. The van der Waals surface area contributed by atoms with E-state index >= 15 is 0 Å². The molecule has 3 aromatic rings. The normalized spacial score (nSPS) is 11.8. The molecule has 1 aromatic heterocycles. The second-order valence-electron chi connectivity index (χ2n) is 7.20. The van der Waals surface area contributed by atoms with Crippen molar-refractivity contribution in [1.29, 1.82) is 21.0 Å². The number of para-hydroxylation sites is 1. The standard InChI is InChI=1S/C24H16N6O3S/c1-17(31)29-22(11-24(15-27,16-28)18(12-25)13-26)21-14-30(23-10-6-5-9-20(21)23)34(32,33)19-7-3-2-4-8-19/h2-11,14,18H,1H3,(H,29,31)/b22-11-. The number of aromatic nitrogens is 1. The Kier molecular flexibility index (Phi) is 6.50. The third-order valence-electron chi connectivity index (χ3n) is 5.03. The van der Waals surface area contributed by atoms with Crippen LogP contribution in [0.1, 0.15) is 12.5 Å². The largest absolute Gasteiger partial charge is 0.326 e.